The average Bonchev–Trinajstić information content (AvgIpc) is 2.54. The highest BCUT2D eigenvalue weighted by atomic mass is 16.5. The monoisotopic (exact) mass is 292 g/mol. The molecule has 1 aromatic carbocycles. The van der Waals surface area contributed by atoms with Gasteiger partial charge in [0.15, 0.2) is 0 Å². The molecule has 0 saturated carbocycles. The van der Waals surface area contributed by atoms with Crippen LogP contribution in [0.1, 0.15) is 39.2 Å². The summed E-state index contributed by atoms with van der Waals surface area (Å²) in [6, 6.07) is 11.2. The minimum atomic E-state index is -0.0163. The van der Waals surface area contributed by atoms with E-state index in [4.69, 9.17) is 10.5 Å². The van der Waals surface area contributed by atoms with E-state index in [1.807, 2.05) is 0 Å². The van der Waals surface area contributed by atoms with Crippen LogP contribution in [-0.4, -0.2) is 44.3 Å². The first-order chi connectivity index (χ1) is 10.1. The summed E-state index contributed by atoms with van der Waals surface area (Å²) in [4.78, 5) is 2.54. The molecule has 21 heavy (non-hydrogen) atoms. The maximum atomic E-state index is 6.14. The summed E-state index contributed by atoms with van der Waals surface area (Å²) in [5, 5.41) is 0. The Morgan fingerprint density at radius 3 is 2.29 bits per heavy atom. The van der Waals surface area contributed by atoms with Gasteiger partial charge in [-0.15, -0.1) is 0 Å². The van der Waals surface area contributed by atoms with Gasteiger partial charge in [-0.25, -0.2) is 0 Å². The molecule has 0 aliphatic heterocycles. The number of nitrogens with two attached hydrogens (primary N) is 1. The number of hydrogen-bond donors (Lipinski definition) is 1. The third-order valence-electron chi connectivity index (χ3n) is 4.51. The van der Waals surface area contributed by atoms with Gasteiger partial charge in [-0.1, -0.05) is 51.1 Å². The van der Waals surface area contributed by atoms with Crippen LogP contribution in [0.15, 0.2) is 30.3 Å². The van der Waals surface area contributed by atoms with Gasteiger partial charge < -0.3 is 10.5 Å². The number of methoxy groups -OCH3 is 1. The quantitative estimate of drug-likeness (QED) is 0.720. The number of hydrogen-bond acceptors (Lipinski definition) is 3. The summed E-state index contributed by atoms with van der Waals surface area (Å²) >= 11 is 0. The largest absolute Gasteiger partial charge is 0.383 e. The van der Waals surface area contributed by atoms with E-state index in [-0.39, 0.29) is 5.41 Å². The van der Waals surface area contributed by atoms with Crippen molar-refractivity contribution in [2.24, 2.45) is 5.73 Å². The Labute approximate surface area is 130 Å². The van der Waals surface area contributed by atoms with Crippen molar-refractivity contribution in [1.29, 1.82) is 0 Å². The van der Waals surface area contributed by atoms with Crippen LogP contribution in [0.5, 0.6) is 0 Å². The van der Waals surface area contributed by atoms with Gasteiger partial charge in [-0.05, 0) is 18.4 Å². The summed E-state index contributed by atoms with van der Waals surface area (Å²) in [5.74, 6) is 0. The highest BCUT2D eigenvalue weighted by Gasteiger charge is 2.29. The Hall–Kier alpha value is -0.900. The van der Waals surface area contributed by atoms with Crippen molar-refractivity contribution in [3.05, 3.63) is 35.9 Å². The Kier molecular flexibility index (Phi) is 7.94. The molecule has 1 unspecified atom stereocenters. The van der Waals surface area contributed by atoms with Gasteiger partial charge in [0.2, 0.25) is 0 Å². The second kappa shape index (κ2) is 9.19. The first-order valence-corrected chi connectivity index (χ1v) is 8.09. The van der Waals surface area contributed by atoms with Crippen molar-refractivity contribution in [1.82, 2.24) is 4.90 Å². The number of benzene rings is 1. The SMILES string of the molecule is CCC(CC)N(CCOC)CC(C)(CN)c1ccccc1. The highest BCUT2D eigenvalue weighted by Crippen LogP contribution is 2.25. The molecule has 1 atom stereocenters. The van der Waals surface area contributed by atoms with E-state index in [0.29, 0.717) is 12.6 Å². The van der Waals surface area contributed by atoms with E-state index in [0.717, 1.165) is 32.5 Å². The van der Waals surface area contributed by atoms with Gasteiger partial charge in [-0.2, -0.15) is 0 Å². The Bertz CT molecular complexity index is 378. The van der Waals surface area contributed by atoms with Crippen LogP contribution in [0.2, 0.25) is 0 Å². The van der Waals surface area contributed by atoms with Crippen LogP contribution in [0.3, 0.4) is 0 Å². The fourth-order valence-corrected chi connectivity index (χ4v) is 2.97. The molecule has 0 bridgehead atoms. The zero-order valence-corrected chi connectivity index (χ0v) is 14.1. The van der Waals surface area contributed by atoms with Crippen molar-refractivity contribution in [2.45, 2.75) is 45.1 Å². The topological polar surface area (TPSA) is 38.5 Å². The molecular formula is C18H32N2O. The van der Waals surface area contributed by atoms with Crippen LogP contribution in [-0.2, 0) is 10.2 Å². The Balaban J connectivity index is 2.92. The minimum Gasteiger partial charge on any atom is -0.383 e. The number of ether oxygens (including phenoxy) is 1. The van der Waals surface area contributed by atoms with Crippen LogP contribution in [0.25, 0.3) is 0 Å². The molecule has 2 N–H and O–H groups in total. The standard InChI is InChI=1S/C18H32N2O/c1-5-17(6-2)20(12-13-21-4)15-18(3,14-19)16-10-8-7-9-11-16/h7-11,17H,5-6,12-15,19H2,1-4H3. The molecule has 0 saturated heterocycles. The normalized spacial score (nSPS) is 14.6. The molecule has 0 heterocycles. The van der Waals surface area contributed by atoms with Crippen molar-refractivity contribution >= 4 is 0 Å². The molecule has 0 amide bonds. The predicted molar refractivity (Wildman–Crippen MR) is 90.7 cm³/mol. The second-order valence-corrected chi connectivity index (χ2v) is 6.06. The second-order valence-electron chi connectivity index (χ2n) is 6.06. The first-order valence-electron chi connectivity index (χ1n) is 8.09. The average molecular weight is 292 g/mol. The van der Waals surface area contributed by atoms with E-state index >= 15 is 0 Å². The van der Waals surface area contributed by atoms with Crippen LogP contribution in [0.4, 0.5) is 0 Å². The first kappa shape index (κ1) is 18.1. The van der Waals surface area contributed by atoms with E-state index in [1.54, 1.807) is 7.11 Å². The molecule has 0 aromatic heterocycles. The van der Waals surface area contributed by atoms with Crippen LogP contribution >= 0.6 is 0 Å². The van der Waals surface area contributed by atoms with Gasteiger partial charge in [0, 0.05) is 38.2 Å². The lowest BCUT2D eigenvalue weighted by Crippen LogP contribution is -2.48. The fraction of sp³-hybridized carbons (Fsp3) is 0.667. The smallest absolute Gasteiger partial charge is 0.0589 e. The van der Waals surface area contributed by atoms with E-state index in [2.05, 4.69) is 56.0 Å². The van der Waals surface area contributed by atoms with Gasteiger partial charge in [0.25, 0.3) is 0 Å². The van der Waals surface area contributed by atoms with Gasteiger partial charge in [0.1, 0.15) is 0 Å². The van der Waals surface area contributed by atoms with Gasteiger partial charge in [-0.3, -0.25) is 4.90 Å². The van der Waals surface area contributed by atoms with Gasteiger partial charge >= 0.3 is 0 Å². The maximum Gasteiger partial charge on any atom is 0.0589 e. The molecule has 120 valence electrons. The lowest BCUT2D eigenvalue weighted by Gasteiger charge is -2.39. The Morgan fingerprint density at radius 1 is 1.19 bits per heavy atom. The molecular weight excluding hydrogens is 260 g/mol. The molecule has 0 fully saturated rings. The summed E-state index contributed by atoms with van der Waals surface area (Å²) in [6.07, 6.45) is 2.32. The molecule has 3 heteroatoms. The molecule has 0 aliphatic carbocycles. The fourth-order valence-electron chi connectivity index (χ4n) is 2.97. The van der Waals surface area contributed by atoms with E-state index < -0.39 is 0 Å². The van der Waals surface area contributed by atoms with Crippen LogP contribution < -0.4 is 5.73 Å². The highest BCUT2D eigenvalue weighted by molar-refractivity contribution is 5.25. The molecule has 1 rings (SSSR count). The molecule has 0 spiro atoms. The molecule has 0 radical (unpaired) electrons. The third-order valence-corrected chi connectivity index (χ3v) is 4.51. The number of rotatable bonds is 10. The van der Waals surface area contributed by atoms with Crippen molar-refractivity contribution in [3.63, 3.8) is 0 Å². The lowest BCUT2D eigenvalue weighted by atomic mass is 9.81. The minimum absolute atomic E-state index is 0.0163. The maximum absolute atomic E-state index is 6.14. The summed E-state index contributed by atoms with van der Waals surface area (Å²) in [5.41, 5.74) is 7.45. The van der Waals surface area contributed by atoms with Crippen LogP contribution in [0, 0.1) is 0 Å². The summed E-state index contributed by atoms with van der Waals surface area (Å²) in [6.45, 7) is 10.2. The van der Waals surface area contributed by atoms with E-state index in [1.165, 1.54) is 5.56 Å². The number of nitrogens with zero attached hydrogens (tertiary/aromatic N) is 1. The van der Waals surface area contributed by atoms with E-state index in [9.17, 15) is 0 Å². The van der Waals surface area contributed by atoms with Gasteiger partial charge in [0.05, 0.1) is 6.61 Å². The zero-order valence-electron chi connectivity index (χ0n) is 14.1. The molecule has 0 aliphatic rings. The predicted octanol–water partition coefficient (Wildman–Crippen LogP) is 3.04. The third kappa shape index (κ3) is 5.10. The van der Waals surface area contributed by atoms with Crippen molar-refractivity contribution in [2.75, 3.05) is 33.4 Å². The lowest BCUT2D eigenvalue weighted by molar-refractivity contribution is 0.0972. The molecule has 1 aromatic rings. The zero-order chi connectivity index (χ0) is 15.7. The Morgan fingerprint density at radius 2 is 1.81 bits per heavy atom. The summed E-state index contributed by atoms with van der Waals surface area (Å²) in [7, 11) is 1.77. The summed E-state index contributed by atoms with van der Waals surface area (Å²) < 4.78 is 5.29. The van der Waals surface area contributed by atoms with Crippen molar-refractivity contribution in [3.8, 4) is 0 Å². The van der Waals surface area contributed by atoms with Crippen molar-refractivity contribution < 1.29 is 4.74 Å². The molecule has 3 nitrogen and oxygen atoms in total.